The number of carbonyl (C=O) groups is 1. The third kappa shape index (κ3) is 4.46. The molecule has 2 aromatic rings. The number of nitrogens with zero attached hydrogens (tertiary/aromatic N) is 3. The van der Waals surface area contributed by atoms with Gasteiger partial charge in [-0.05, 0) is 37.3 Å². The van der Waals surface area contributed by atoms with E-state index in [0.717, 1.165) is 49.6 Å². The quantitative estimate of drug-likeness (QED) is 0.833. The average Bonchev–Trinajstić information content (AvgIpc) is 2.94. The summed E-state index contributed by atoms with van der Waals surface area (Å²) >= 11 is 0. The molecular formula is C23H34N4O. The molecule has 152 valence electrons. The molecule has 5 nitrogen and oxygen atoms in total. The minimum Gasteiger partial charge on any atom is -0.333 e. The normalized spacial score (nSPS) is 17.4. The molecule has 1 saturated heterocycles. The molecule has 0 saturated carbocycles. The third-order valence-corrected chi connectivity index (χ3v) is 5.73. The van der Waals surface area contributed by atoms with Crippen molar-refractivity contribution in [1.29, 1.82) is 0 Å². The van der Waals surface area contributed by atoms with Gasteiger partial charge in [-0.3, -0.25) is 9.48 Å². The van der Waals surface area contributed by atoms with E-state index >= 15 is 0 Å². The molecule has 1 amide bonds. The molecule has 3 rings (SSSR count). The summed E-state index contributed by atoms with van der Waals surface area (Å²) in [6.07, 6.45) is 1.46. The molecule has 1 atom stereocenters. The topological polar surface area (TPSA) is 50.2 Å². The molecular weight excluding hydrogens is 348 g/mol. The lowest BCUT2D eigenvalue weighted by Gasteiger charge is -2.37. The van der Waals surface area contributed by atoms with Gasteiger partial charge in [0.2, 0.25) is 5.91 Å². The Bertz CT molecular complexity index is 807. The Morgan fingerprint density at radius 1 is 1.25 bits per heavy atom. The number of hydrogen-bond donors (Lipinski definition) is 1. The Morgan fingerprint density at radius 3 is 2.61 bits per heavy atom. The number of aryl methyl sites for hydroxylation is 2. The maximum atomic E-state index is 13.3. The second-order valence-corrected chi connectivity index (χ2v) is 8.30. The first-order valence-corrected chi connectivity index (χ1v) is 10.5. The van der Waals surface area contributed by atoms with Crippen molar-refractivity contribution in [3.8, 4) is 0 Å². The van der Waals surface area contributed by atoms with Gasteiger partial charge in [-0.1, -0.05) is 45.0 Å². The van der Waals surface area contributed by atoms with Gasteiger partial charge in [0.05, 0.1) is 18.2 Å². The Hall–Kier alpha value is -2.14. The van der Waals surface area contributed by atoms with Gasteiger partial charge in [0.15, 0.2) is 0 Å². The molecule has 2 heterocycles. The SMILES string of the molecule is CCc1ccc(C2CNCCN2C(=O)Cc2c(C)nn(CC(C)C)c2C)cc1. The number of amides is 1. The van der Waals surface area contributed by atoms with Crippen LogP contribution in [0, 0.1) is 19.8 Å². The summed E-state index contributed by atoms with van der Waals surface area (Å²) in [7, 11) is 0. The summed E-state index contributed by atoms with van der Waals surface area (Å²) in [6, 6.07) is 8.80. The van der Waals surface area contributed by atoms with Crippen LogP contribution in [0.1, 0.15) is 54.9 Å². The summed E-state index contributed by atoms with van der Waals surface area (Å²) in [4.78, 5) is 15.3. The lowest BCUT2D eigenvalue weighted by atomic mass is 9.99. The van der Waals surface area contributed by atoms with Gasteiger partial charge >= 0.3 is 0 Å². The predicted molar refractivity (Wildman–Crippen MR) is 113 cm³/mol. The van der Waals surface area contributed by atoms with Crippen molar-refractivity contribution >= 4 is 5.91 Å². The first-order chi connectivity index (χ1) is 13.4. The van der Waals surface area contributed by atoms with E-state index in [1.54, 1.807) is 0 Å². The smallest absolute Gasteiger partial charge is 0.227 e. The van der Waals surface area contributed by atoms with Crippen LogP contribution in [0.4, 0.5) is 0 Å². The summed E-state index contributed by atoms with van der Waals surface area (Å²) in [5.74, 6) is 0.728. The van der Waals surface area contributed by atoms with Gasteiger partial charge < -0.3 is 10.2 Å². The second-order valence-electron chi connectivity index (χ2n) is 8.30. The number of benzene rings is 1. The monoisotopic (exact) mass is 382 g/mol. The van der Waals surface area contributed by atoms with Crippen molar-refractivity contribution in [2.45, 2.75) is 60.0 Å². The highest BCUT2D eigenvalue weighted by molar-refractivity contribution is 5.80. The fraction of sp³-hybridized carbons (Fsp3) is 0.565. The molecule has 1 fully saturated rings. The van der Waals surface area contributed by atoms with Crippen LogP contribution in [0.3, 0.4) is 0 Å². The Kier molecular flexibility index (Phi) is 6.55. The highest BCUT2D eigenvalue weighted by Crippen LogP contribution is 2.25. The molecule has 1 aliphatic rings. The molecule has 0 radical (unpaired) electrons. The third-order valence-electron chi connectivity index (χ3n) is 5.73. The molecule has 0 aliphatic carbocycles. The highest BCUT2D eigenvalue weighted by Gasteiger charge is 2.29. The minimum atomic E-state index is 0.0958. The number of hydrogen-bond acceptors (Lipinski definition) is 3. The fourth-order valence-electron chi connectivity index (χ4n) is 4.04. The molecule has 0 spiro atoms. The largest absolute Gasteiger partial charge is 0.333 e. The molecule has 1 aromatic carbocycles. The van der Waals surface area contributed by atoms with Crippen LogP contribution < -0.4 is 5.32 Å². The van der Waals surface area contributed by atoms with Gasteiger partial charge in [0.1, 0.15) is 0 Å². The van der Waals surface area contributed by atoms with E-state index in [1.165, 1.54) is 11.1 Å². The van der Waals surface area contributed by atoms with E-state index in [1.807, 2.05) is 6.92 Å². The Balaban J connectivity index is 1.79. The number of nitrogens with one attached hydrogen (secondary N) is 1. The van der Waals surface area contributed by atoms with Crippen LogP contribution in [-0.4, -0.2) is 40.2 Å². The van der Waals surface area contributed by atoms with Crippen molar-refractivity contribution in [3.05, 3.63) is 52.3 Å². The fourth-order valence-corrected chi connectivity index (χ4v) is 4.04. The number of aromatic nitrogens is 2. The highest BCUT2D eigenvalue weighted by atomic mass is 16.2. The van der Waals surface area contributed by atoms with Gasteiger partial charge in [-0.2, -0.15) is 5.10 Å². The lowest BCUT2D eigenvalue weighted by molar-refractivity contribution is -0.133. The summed E-state index contributed by atoms with van der Waals surface area (Å²) in [6.45, 7) is 13.9. The van der Waals surface area contributed by atoms with E-state index in [-0.39, 0.29) is 11.9 Å². The van der Waals surface area contributed by atoms with E-state index < -0.39 is 0 Å². The van der Waals surface area contributed by atoms with Crippen LogP contribution >= 0.6 is 0 Å². The molecule has 1 aliphatic heterocycles. The molecule has 28 heavy (non-hydrogen) atoms. The van der Waals surface area contributed by atoms with Crippen LogP contribution in [0.2, 0.25) is 0 Å². The maximum Gasteiger partial charge on any atom is 0.227 e. The summed E-state index contributed by atoms with van der Waals surface area (Å²) in [5.41, 5.74) is 5.73. The molecule has 1 unspecified atom stereocenters. The zero-order valence-electron chi connectivity index (χ0n) is 18.0. The maximum absolute atomic E-state index is 13.3. The van der Waals surface area contributed by atoms with E-state index in [4.69, 9.17) is 0 Å². The van der Waals surface area contributed by atoms with Crippen LogP contribution in [-0.2, 0) is 24.2 Å². The summed E-state index contributed by atoms with van der Waals surface area (Å²) < 4.78 is 2.06. The predicted octanol–water partition coefficient (Wildman–Crippen LogP) is 3.43. The standard InChI is InChI=1S/C23H34N4O/c1-6-19-7-9-20(10-8-19)22-14-24-11-12-26(22)23(28)13-21-17(4)25-27(18(21)5)15-16(2)3/h7-10,16,22,24H,6,11-15H2,1-5H3. The first-order valence-electron chi connectivity index (χ1n) is 10.5. The van der Waals surface area contributed by atoms with Crippen molar-refractivity contribution < 1.29 is 4.79 Å². The van der Waals surface area contributed by atoms with Crippen molar-refractivity contribution in [3.63, 3.8) is 0 Å². The van der Waals surface area contributed by atoms with Crippen LogP contribution in [0.5, 0.6) is 0 Å². The summed E-state index contributed by atoms with van der Waals surface area (Å²) in [5, 5.41) is 8.13. The van der Waals surface area contributed by atoms with Crippen molar-refractivity contribution in [1.82, 2.24) is 20.0 Å². The Morgan fingerprint density at radius 2 is 1.96 bits per heavy atom. The molecule has 1 aromatic heterocycles. The van der Waals surface area contributed by atoms with E-state index in [0.29, 0.717) is 12.3 Å². The van der Waals surface area contributed by atoms with Gasteiger partial charge in [0.25, 0.3) is 0 Å². The van der Waals surface area contributed by atoms with E-state index in [2.05, 4.69) is 72.0 Å². The van der Waals surface area contributed by atoms with Gasteiger partial charge in [-0.25, -0.2) is 0 Å². The zero-order chi connectivity index (χ0) is 20.3. The number of rotatable bonds is 6. The van der Waals surface area contributed by atoms with E-state index in [9.17, 15) is 4.79 Å². The number of carbonyl (C=O) groups excluding carboxylic acids is 1. The first kappa shape index (κ1) is 20.6. The Labute approximate surface area is 169 Å². The van der Waals surface area contributed by atoms with Crippen molar-refractivity contribution in [2.75, 3.05) is 19.6 Å². The number of piperazine rings is 1. The zero-order valence-corrected chi connectivity index (χ0v) is 18.0. The second kappa shape index (κ2) is 8.91. The van der Waals surface area contributed by atoms with Gasteiger partial charge in [0, 0.05) is 37.4 Å². The van der Waals surface area contributed by atoms with Gasteiger partial charge in [-0.15, -0.1) is 0 Å². The minimum absolute atomic E-state index is 0.0958. The lowest BCUT2D eigenvalue weighted by Crippen LogP contribution is -2.49. The van der Waals surface area contributed by atoms with Crippen molar-refractivity contribution in [2.24, 2.45) is 5.92 Å². The van der Waals surface area contributed by atoms with Crippen LogP contribution in [0.25, 0.3) is 0 Å². The molecule has 1 N–H and O–H groups in total. The molecule has 5 heteroatoms. The van der Waals surface area contributed by atoms with Crippen LogP contribution in [0.15, 0.2) is 24.3 Å². The average molecular weight is 383 g/mol. The molecule has 0 bridgehead atoms.